The molecule has 5 heteroatoms. The van der Waals surface area contributed by atoms with Crippen LogP contribution < -0.4 is 4.74 Å². The third kappa shape index (κ3) is 2.07. The monoisotopic (exact) mass is 278 g/mol. The molecule has 0 saturated carbocycles. The van der Waals surface area contributed by atoms with Crippen LogP contribution in [0.15, 0.2) is 46.9 Å². The molecule has 0 N–H and O–H groups in total. The number of ether oxygens (including phenoxy) is 1. The molecule has 0 aliphatic rings. The summed E-state index contributed by atoms with van der Waals surface area (Å²) in [6, 6.07) is 14.6. The molecule has 1 aromatic heterocycles. The Balaban J connectivity index is 2.18. The van der Waals surface area contributed by atoms with E-state index in [2.05, 4.69) is 0 Å². The molecule has 3 aromatic rings. The van der Waals surface area contributed by atoms with Crippen molar-refractivity contribution < 1.29 is 13.5 Å². The molecule has 1 heterocycles. The zero-order valence-electron chi connectivity index (χ0n) is 10.6. The molecule has 0 saturated heterocycles. The van der Waals surface area contributed by atoms with E-state index in [1.54, 1.807) is 30.3 Å². The summed E-state index contributed by atoms with van der Waals surface area (Å²) in [5.74, 6) is -0.485. The summed E-state index contributed by atoms with van der Waals surface area (Å²) in [5.41, 5.74) is 0.269. The van der Waals surface area contributed by atoms with Crippen LogP contribution in [0.4, 0.5) is 4.39 Å². The van der Waals surface area contributed by atoms with Crippen LogP contribution in [-0.4, -0.2) is 0 Å². The van der Waals surface area contributed by atoms with Crippen LogP contribution in [0.3, 0.4) is 0 Å². The summed E-state index contributed by atoms with van der Waals surface area (Å²) < 4.78 is 24.5. The Hall–Kier alpha value is -3.31. The summed E-state index contributed by atoms with van der Waals surface area (Å²) >= 11 is 0. The highest BCUT2D eigenvalue weighted by atomic mass is 19.1. The molecule has 0 radical (unpaired) electrons. The number of hydrogen-bond donors (Lipinski definition) is 0. The number of hydrogen-bond acceptors (Lipinski definition) is 4. The van der Waals surface area contributed by atoms with Crippen molar-refractivity contribution in [1.82, 2.24) is 0 Å². The first-order valence-electron chi connectivity index (χ1n) is 6.02. The van der Waals surface area contributed by atoms with Crippen LogP contribution in [0.5, 0.6) is 11.5 Å². The van der Waals surface area contributed by atoms with Crippen LogP contribution >= 0.6 is 0 Å². The lowest BCUT2D eigenvalue weighted by Crippen LogP contribution is -1.92. The SMILES string of the molecule is N#Cc1oc2ccccc2c1Oc1cccc(F)c1C#N. The minimum atomic E-state index is -0.679. The van der Waals surface area contributed by atoms with E-state index >= 15 is 0 Å². The van der Waals surface area contributed by atoms with Crippen molar-refractivity contribution in [1.29, 1.82) is 10.5 Å². The standard InChI is InChI=1S/C16H7FN2O2/c17-12-5-3-7-14(11(12)8-18)21-16-10-4-1-2-6-13(10)20-15(16)9-19/h1-7H. The molecule has 4 nitrogen and oxygen atoms in total. The molecule has 0 fully saturated rings. The van der Waals surface area contributed by atoms with E-state index in [1.807, 2.05) is 6.07 Å². The Kier molecular flexibility index (Phi) is 3.02. The predicted molar refractivity (Wildman–Crippen MR) is 72.1 cm³/mol. The van der Waals surface area contributed by atoms with Crippen molar-refractivity contribution in [2.24, 2.45) is 0 Å². The Morgan fingerprint density at radius 3 is 2.57 bits per heavy atom. The van der Waals surface area contributed by atoms with E-state index in [0.717, 1.165) is 0 Å². The lowest BCUT2D eigenvalue weighted by Gasteiger charge is -2.06. The Morgan fingerprint density at radius 2 is 1.81 bits per heavy atom. The first-order valence-corrected chi connectivity index (χ1v) is 6.02. The van der Waals surface area contributed by atoms with Gasteiger partial charge in [0.2, 0.25) is 5.76 Å². The number of nitriles is 2. The predicted octanol–water partition coefficient (Wildman–Crippen LogP) is 4.11. The Bertz CT molecular complexity index is 916. The van der Waals surface area contributed by atoms with E-state index in [0.29, 0.717) is 11.0 Å². The molecule has 0 unspecified atom stereocenters. The molecular weight excluding hydrogens is 271 g/mol. The number of halogens is 1. The van der Waals surface area contributed by atoms with Gasteiger partial charge in [0.15, 0.2) is 5.75 Å². The van der Waals surface area contributed by atoms with Crippen molar-refractivity contribution in [3.63, 3.8) is 0 Å². The number of benzene rings is 2. The molecule has 0 atom stereocenters. The molecule has 2 aromatic carbocycles. The molecule has 100 valence electrons. The topological polar surface area (TPSA) is 69.9 Å². The van der Waals surface area contributed by atoms with Gasteiger partial charge in [-0.15, -0.1) is 0 Å². The van der Waals surface area contributed by atoms with Gasteiger partial charge in [0.1, 0.15) is 34.9 Å². The van der Waals surface area contributed by atoms with Gasteiger partial charge in [-0.3, -0.25) is 0 Å². The average molecular weight is 278 g/mol. The van der Waals surface area contributed by atoms with Crippen LogP contribution in [0, 0.1) is 28.5 Å². The number of rotatable bonds is 2. The highest BCUT2D eigenvalue weighted by molar-refractivity contribution is 5.86. The summed E-state index contributed by atoms with van der Waals surface area (Å²) in [4.78, 5) is 0. The second kappa shape index (κ2) is 4.99. The second-order valence-electron chi connectivity index (χ2n) is 4.20. The van der Waals surface area contributed by atoms with Crippen molar-refractivity contribution in [3.05, 3.63) is 59.6 Å². The zero-order chi connectivity index (χ0) is 14.8. The third-order valence-corrected chi connectivity index (χ3v) is 2.95. The molecule has 21 heavy (non-hydrogen) atoms. The number of fused-ring (bicyclic) bond motifs is 1. The van der Waals surface area contributed by atoms with Gasteiger partial charge in [-0.2, -0.15) is 10.5 Å². The molecule has 0 spiro atoms. The number of nitrogens with zero attached hydrogens (tertiary/aromatic N) is 2. The number of para-hydroxylation sites is 1. The first kappa shape index (κ1) is 12.7. The fourth-order valence-corrected chi connectivity index (χ4v) is 2.00. The van der Waals surface area contributed by atoms with Gasteiger partial charge in [0.25, 0.3) is 0 Å². The van der Waals surface area contributed by atoms with Gasteiger partial charge in [-0.25, -0.2) is 4.39 Å². The Labute approximate surface area is 119 Å². The van der Waals surface area contributed by atoms with E-state index in [1.165, 1.54) is 18.2 Å². The van der Waals surface area contributed by atoms with Crippen molar-refractivity contribution in [3.8, 4) is 23.6 Å². The van der Waals surface area contributed by atoms with Gasteiger partial charge in [-0.1, -0.05) is 18.2 Å². The third-order valence-electron chi connectivity index (χ3n) is 2.95. The second-order valence-corrected chi connectivity index (χ2v) is 4.20. The van der Waals surface area contributed by atoms with Gasteiger partial charge in [0, 0.05) is 0 Å². The van der Waals surface area contributed by atoms with Crippen molar-refractivity contribution in [2.45, 2.75) is 0 Å². The molecule has 0 aliphatic heterocycles. The molecule has 0 amide bonds. The maximum absolute atomic E-state index is 13.6. The van der Waals surface area contributed by atoms with E-state index in [4.69, 9.17) is 19.7 Å². The largest absolute Gasteiger partial charge is 0.450 e. The smallest absolute Gasteiger partial charge is 0.247 e. The molecule has 0 aliphatic carbocycles. The quantitative estimate of drug-likeness (QED) is 0.707. The molecular formula is C16H7FN2O2. The van der Waals surface area contributed by atoms with E-state index in [-0.39, 0.29) is 22.8 Å². The molecule has 0 bridgehead atoms. The van der Waals surface area contributed by atoms with Gasteiger partial charge in [0.05, 0.1) is 5.39 Å². The summed E-state index contributed by atoms with van der Waals surface area (Å²) in [6.45, 7) is 0. The van der Waals surface area contributed by atoms with Crippen LogP contribution in [0.25, 0.3) is 11.0 Å². The fraction of sp³-hybridized carbons (Fsp3) is 0. The highest BCUT2D eigenvalue weighted by Crippen LogP contribution is 2.37. The lowest BCUT2D eigenvalue weighted by atomic mass is 10.2. The maximum Gasteiger partial charge on any atom is 0.247 e. The summed E-state index contributed by atoms with van der Waals surface area (Å²) in [5, 5.41) is 18.7. The average Bonchev–Trinajstić information content (AvgIpc) is 2.86. The lowest BCUT2D eigenvalue weighted by molar-refractivity contribution is 0.460. The van der Waals surface area contributed by atoms with Crippen molar-refractivity contribution >= 4 is 11.0 Å². The molecule has 3 rings (SSSR count). The first-order chi connectivity index (χ1) is 10.2. The van der Waals surface area contributed by atoms with Gasteiger partial charge in [-0.05, 0) is 24.3 Å². The normalized spacial score (nSPS) is 10.0. The Morgan fingerprint density at radius 1 is 1.00 bits per heavy atom. The summed E-state index contributed by atoms with van der Waals surface area (Å²) in [7, 11) is 0. The fourth-order valence-electron chi connectivity index (χ4n) is 2.00. The minimum absolute atomic E-state index is 0.0237. The summed E-state index contributed by atoms with van der Waals surface area (Å²) in [6.07, 6.45) is 0. The van der Waals surface area contributed by atoms with Gasteiger partial charge < -0.3 is 9.15 Å². The maximum atomic E-state index is 13.6. The van der Waals surface area contributed by atoms with Crippen molar-refractivity contribution in [2.75, 3.05) is 0 Å². The minimum Gasteiger partial charge on any atom is -0.450 e. The van der Waals surface area contributed by atoms with Crippen LogP contribution in [0.1, 0.15) is 11.3 Å². The van der Waals surface area contributed by atoms with Crippen LogP contribution in [0.2, 0.25) is 0 Å². The van der Waals surface area contributed by atoms with E-state index in [9.17, 15) is 4.39 Å². The van der Waals surface area contributed by atoms with Crippen LogP contribution in [-0.2, 0) is 0 Å². The van der Waals surface area contributed by atoms with Gasteiger partial charge >= 0.3 is 0 Å². The zero-order valence-corrected chi connectivity index (χ0v) is 10.6. The van der Waals surface area contributed by atoms with E-state index < -0.39 is 5.82 Å². The number of furan rings is 1. The highest BCUT2D eigenvalue weighted by Gasteiger charge is 2.18.